The lowest BCUT2D eigenvalue weighted by Gasteiger charge is -2.23. The van der Waals surface area contributed by atoms with Gasteiger partial charge < -0.3 is 5.32 Å². The fraction of sp³-hybridized carbons (Fsp3) is 0. The van der Waals surface area contributed by atoms with Crippen molar-refractivity contribution >= 4 is 46.7 Å². The molecular weight excluding hydrogens is 440 g/mol. The highest BCUT2D eigenvalue weighted by Gasteiger charge is 2.25. The van der Waals surface area contributed by atoms with Crippen molar-refractivity contribution in [2.75, 3.05) is 15.1 Å². The third-order valence-electron chi connectivity index (χ3n) is 4.86. The molecule has 1 N–H and O–H groups in total. The van der Waals surface area contributed by atoms with Gasteiger partial charge in [-0.25, -0.2) is 9.80 Å². The molecule has 0 spiro atoms. The number of nitrogens with zero attached hydrogens (tertiary/aromatic N) is 5. The number of hydrogen-bond acceptors (Lipinski definition) is 6. The van der Waals surface area contributed by atoms with Gasteiger partial charge in [0.2, 0.25) is 17.8 Å². The van der Waals surface area contributed by atoms with Crippen LogP contribution in [0.3, 0.4) is 0 Å². The highest BCUT2D eigenvalue weighted by atomic mass is 16.2. The summed E-state index contributed by atoms with van der Waals surface area (Å²) in [5, 5.41) is 3.12. The van der Waals surface area contributed by atoms with Gasteiger partial charge in [-0.1, -0.05) is 67.8 Å². The standard InChI is InChI=1S/C27H22N6O2/c1-3-23(34)32(21-16-10-6-11-17-21)26-29-25(28-20-14-8-5-9-15-20)30-27(31-26)33(24(35)4-2)22-18-12-7-13-19-22/h3-19H,1-2H2,(H,28,29,30,31). The second kappa shape index (κ2) is 10.7. The molecular formula is C27H22N6O2. The van der Waals surface area contributed by atoms with Crippen molar-refractivity contribution in [3.8, 4) is 0 Å². The van der Waals surface area contributed by atoms with E-state index in [9.17, 15) is 9.59 Å². The normalized spacial score (nSPS) is 10.2. The monoisotopic (exact) mass is 462 g/mol. The summed E-state index contributed by atoms with van der Waals surface area (Å²) in [5.74, 6) is -0.711. The SMILES string of the molecule is C=CC(=O)N(c1ccccc1)c1nc(Nc2ccccc2)nc(N(C(=O)C=C)c2ccccc2)n1. The first-order valence-corrected chi connectivity index (χ1v) is 10.7. The van der Waals surface area contributed by atoms with E-state index in [1.165, 1.54) is 22.0 Å². The summed E-state index contributed by atoms with van der Waals surface area (Å²) in [5.41, 5.74) is 1.78. The van der Waals surface area contributed by atoms with Gasteiger partial charge in [-0.15, -0.1) is 0 Å². The summed E-state index contributed by atoms with van der Waals surface area (Å²) in [6.07, 6.45) is 2.34. The quantitative estimate of drug-likeness (QED) is 0.357. The van der Waals surface area contributed by atoms with E-state index in [1.807, 2.05) is 42.5 Å². The Morgan fingerprint density at radius 2 is 1.03 bits per heavy atom. The van der Waals surface area contributed by atoms with Gasteiger partial charge in [-0.3, -0.25) is 9.59 Å². The number of benzene rings is 3. The van der Waals surface area contributed by atoms with E-state index in [-0.39, 0.29) is 17.8 Å². The van der Waals surface area contributed by atoms with Gasteiger partial charge in [0.05, 0.1) is 11.4 Å². The van der Waals surface area contributed by atoms with Gasteiger partial charge in [0.25, 0.3) is 11.8 Å². The number of carbonyl (C=O) groups excluding carboxylic acids is 2. The first kappa shape index (κ1) is 23.1. The average molecular weight is 463 g/mol. The molecule has 1 heterocycles. The predicted octanol–water partition coefficient (Wildman–Crippen LogP) is 5.32. The van der Waals surface area contributed by atoms with Crippen LogP contribution >= 0.6 is 0 Å². The van der Waals surface area contributed by atoms with Gasteiger partial charge in [0.15, 0.2) is 0 Å². The first-order chi connectivity index (χ1) is 17.1. The molecule has 0 fully saturated rings. The van der Waals surface area contributed by atoms with E-state index < -0.39 is 11.8 Å². The Kier molecular flexibility index (Phi) is 7.03. The molecule has 0 saturated heterocycles. The Morgan fingerprint density at radius 1 is 0.629 bits per heavy atom. The number of hydrogen-bond donors (Lipinski definition) is 1. The van der Waals surface area contributed by atoms with E-state index >= 15 is 0 Å². The Labute approximate surface area is 202 Å². The summed E-state index contributed by atoms with van der Waals surface area (Å²) in [6.45, 7) is 7.23. The fourth-order valence-corrected chi connectivity index (χ4v) is 3.28. The molecule has 172 valence electrons. The molecule has 0 unspecified atom stereocenters. The van der Waals surface area contributed by atoms with Gasteiger partial charge in [-0.05, 0) is 48.6 Å². The number of rotatable bonds is 8. The highest BCUT2D eigenvalue weighted by molar-refractivity contribution is 6.07. The van der Waals surface area contributed by atoms with Crippen molar-refractivity contribution in [2.24, 2.45) is 0 Å². The Bertz CT molecular complexity index is 1260. The zero-order valence-electron chi connectivity index (χ0n) is 18.8. The molecule has 3 aromatic carbocycles. The van der Waals surface area contributed by atoms with Crippen LogP contribution in [0.4, 0.5) is 34.9 Å². The maximum absolute atomic E-state index is 12.9. The molecule has 35 heavy (non-hydrogen) atoms. The average Bonchev–Trinajstić information content (AvgIpc) is 2.90. The summed E-state index contributed by atoms with van der Waals surface area (Å²) in [4.78, 5) is 41.9. The summed E-state index contributed by atoms with van der Waals surface area (Å²) < 4.78 is 0. The minimum Gasteiger partial charge on any atom is -0.324 e. The molecule has 1 aromatic heterocycles. The van der Waals surface area contributed by atoms with E-state index in [4.69, 9.17) is 0 Å². The molecule has 0 radical (unpaired) electrons. The number of aromatic nitrogens is 3. The Hall–Kier alpha value is -5.11. The van der Waals surface area contributed by atoms with Crippen molar-refractivity contribution < 1.29 is 9.59 Å². The minimum atomic E-state index is -0.444. The van der Waals surface area contributed by atoms with Crippen LogP contribution in [-0.2, 0) is 9.59 Å². The number of anilines is 6. The molecule has 0 atom stereocenters. The summed E-state index contributed by atoms with van der Waals surface area (Å²) in [7, 11) is 0. The second-order valence-corrected chi connectivity index (χ2v) is 7.18. The molecule has 0 aliphatic rings. The van der Waals surface area contributed by atoms with E-state index in [2.05, 4.69) is 33.4 Å². The second-order valence-electron chi connectivity index (χ2n) is 7.18. The fourth-order valence-electron chi connectivity index (χ4n) is 3.28. The van der Waals surface area contributed by atoms with Crippen molar-refractivity contribution in [1.82, 2.24) is 15.0 Å². The number of carbonyl (C=O) groups is 2. The van der Waals surface area contributed by atoms with Crippen LogP contribution in [0.1, 0.15) is 0 Å². The molecule has 0 aliphatic carbocycles. The van der Waals surface area contributed by atoms with E-state index in [0.29, 0.717) is 11.4 Å². The van der Waals surface area contributed by atoms with Crippen LogP contribution in [0.5, 0.6) is 0 Å². The maximum atomic E-state index is 12.9. The van der Waals surface area contributed by atoms with Crippen LogP contribution in [0, 0.1) is 0 Å². The molecule has 4 aromatic rings. The molecule has 4 rings (SSSR count). The Morgan fingerprint density at radius 3 is 1.43 bits per heavy atom. The van der Waals surface area contributed by atoms with Gasteiger partial charge in [0, 0.05) is 5.69 Å². The van der Waals surface area contributed by atoms with Crippen LogP contribution < -0.4 is 15.1 Å². The van der Waals surface area contributed by atoms with Crippen LogP contribution in [-0.4, -0.2) is 26.8 Å². The zero-order valence-corrected chi connectivity index (χ0v) is 18.8. The maximum Gasteiger partial charge on any atom is 0.257 e. The van der Waals surface area contributed by atoms with Crippen LogP contribution in [0.25, 0.3) is 0 Å². The van der Waals surface area contributed by atoms with Gasteiger partial charge in [0.1, 0.15) is 0 Å². The largest absolute Gasteiger partial charge is 0.324 e. The summed E-state index contributed by atoms with van der Waals surface area (Å²) >= 11 is 0. The third-order valence-corrected chi connectivity index (χ3v) is 4.86. The van der Waals surface area contributed by atoms with Crippen molar-refractivity contribution in [3.05, 3.63) is 116 Å². The molecule has 0 bridgehead atoms. The molecule has 2 amide bonds. The van der Waals surface area contributed by atoms with Crippen molar-refractivity contribution in [3.63, 3.8) is 0 Å². The van der Waals surface area contributed by atoms with Crippen LogP contribution in [0.2, 0.25) is 0 Å². The van der Waals surface area contributed by atoms with Crippen molar-refractivity contribution in [1.29, 1.82) is 0 Å². The van der Waals surface area contributed by atoms with Crippen LogP contribution in [0.15, 0.2) is 116 Å². The molecule has 0 aliphatic heterocycles. The van der Waals surface area contributed by atoms with Crippen molar-refractivity contribution in [2.45, 2.75) is 0 Å². The molecule has 8 heteroatoms. The van der Waals surface area contributed by atoms with E-state index in [1.54, 1.807) is 48.5 Å². The number of para-hydroxylation sites is 3. The zero-order chi connectivity index (χ0) is 24.6. The summed E-state index contributed by atoms with van der Waals surface area (Å²) in [6, 6.07) is 27.1. The van der Waals surface area contributed by atoms with Gasteiger partial charge in [-0.2, -0.15) is 15.0 Å². The number of nitrogens with one attached hydrogen (secondary N) is 1. The lowest BCUT2D eigenvalue weighted by atomic mass is 10.3. The predicted molar refractivity (Wildman–Crippen MR) is 137 cm³/mol. The third kappa shape index (κ3) is 5.28. The Balaban J connectivity index is 1.92. The smallest absolute Gasteiger partial charge is 0.257 e. The lowest BCUT2D eigenvalue weighted by Crippen LogP contribution is -2.30. The first-order valence-electron chi connectivity index (χ1n) is 10.7. The van der Waals surface area contributed by atoms with E-state index in [0.717, 1.165) is 5.69 Å². The molecule has 0 saturated carbocycles. The number of amides is 2. The highest BCUT2D eigenvalue weighted by Crippen LogP contribution is 2.29. The van der Waals surface area contributed by atoms with Gasteiger partial charge >= 0.3 is 0 Å². The topological polar surface area (TPSA) is 91.3 Å². The minimum absolute atomic E-state index is 0.0160. The lowest BCUT2D eigenvalue weighted by molar-refractivity contribution is -0.114. The molecule has 8 nitrogen and oxygen atoms in total.